The first-order valence-corrected chi connectivity index (χ1v) is 21.2. The van der Waals surface area contributed by atoms with Crippen LogP contribution >= 0.6 is 0 Å². The lowest BCUT2D eigenvalue weighted by molar-refractivity contribution is -0.142. The maximum Gasteiger partial charge on any atom is 0.407 e. The lowest BCUT2D eigenvalue weighted by Crippen LogP contribution is -2.60. The summed E-state index contributed by atoms with van der Waals surface area (Å²) in [6.07, 6.45) is 5.55. The van der Waals surface area contributed by atoms with E-state index in [0.717, 1.165) is 11.1 Å². The molecule has 2 saturated carbocycles. The van der Waals surface area contributed by atoms with Gasteiger partial charge in [0.2, 0.25) is 21.8 Å². The van der Waals surface area contributed by atoms with Gasteiger partial charge in [0.25, 0.3) is 5.91 Å². The fraction of sp³-hybridized carbons (Fsp3) is 0.465. The first-order chi connectivity index (χ1) is 27.5. The minimum absolute atomic E-state index is 0.0145. The average Bonchev–Trinajstić information content (AvgIpc) is 4.12. The Morgan fingerprint density at radius 1 is 1.12 bits per heavy atom. The third-order valence-corrected chi connectivity index (χ3v) is 13.1. The minimum atomic E-state index is -3.92. The Labute approximate surface area is 338 Å². The molecule has 1 aromatic heterocycles. The Hall–Kier alpha value is -5.44. The van der Waals surface area contributed by atoms with Gasteiger partial charge in [-0.1, -0.05) is 76.3 Å². The van der Waals surface area contributed by atoms with Crippen molar-refractivity contribution in [3.8, 4) is 22.8 Å². The highest BCUT2D eigenvalue weighted by atomic mass is 32.2. The van der Waals surface area contributed by atoms with Gasteiger partial charge in [-0.25, -0.2) is 18.2 Å². The highest BCUT2D eigenvalue weighted by molar-refractivity contribution is 7.91. The number of methoxy groups -OCH3 is 1. The van der Waals surface area contributed by atoms with E-state index in [1.165, 1.54) is 11.0 Å². The fourth-order valence-electron chi connectivity index (χ4n) is 7.66. The van der Waals surface area contributed by atoms with E-state index in [4.69, 9.17) is 19.2 Å². The first kappa shape index (κ1) is 40.7. The summed E-state index contributed by atoms with van der Waals surface area (Å²) in [4.78, 5) is 62.5. The highest BCUT2D eigenvalue weighted by Crippen LogP contribution is 2.46. The molecule has 2 aliphatic carbocycles. The number of fused-ring (bicyclic) bond motifs is 3. The number of nitrogens with one attached hydrogen (secondary N) is 3. The summed E-state index contributed by atoms with van der Waals surface area (Å²) < 4.78 is 46.0. The second kappa shape index (κ2) is 15.7. The number of carbonyl (C=O) groups excluding carboxylic acids is 4. The molecule has 3 heterocycles. The van der Waals surface area contributed by atoms with Crippen molar-refractivity contribution in [1.82, 2.24) is 25.2 Å². The van der Waals surface area contributed by atoms with E-state index in [1.807, 2.05) is 67.6 Å². The Morgan fingerprint density at radius 2 is 1.86 bits per heavy atom. The van der Waals surface area contributed by atoms with Gasteiger partial charge >= 0.3 is 6.09 Å². The van der Waals surface area contributed by atoms with Crippen molar-refractivity contribution in [2.75, 3.05) is 20.3 Å². The second-order valence-electron chi connectivity index (χ2n) is 16.9. The van der Waals surface area contributed by atoms with E-state index in [1.54, 1.807) is 27.9 Å². The quantitative estimate of drug-likeness (QED) is 0.258. The molecule has 308 valence electrons. The second-order valence-corrected chi connectivity index (χ2v) is 18.9. The standard InChI is InChI=1S/C43H51N5O9S/c1-7-28-22-43(28,40(51)47-58(53,54)30-16-17-30)46-38(49)34-19-29-23-48(34)39(50)37(42(3,4)5)45-41(52)56-24-25(2)12-11-15-27-18-31-33(21-35(27)55-6)44-32(20-36(31)57-29)26-13-9-8-10-14-26/h7-11,13-15,18,20-21,25,28-30,34,37H,1,12,16-17,19,22-24H2,2-6H3,(H,45,52)(H,46,49)(H,47,51)/b15-11-/t25?,28-,29-,34+,37-,43-/m1/s1. The molecule has 1 saturated heterocycles. The molecule has 4 amide bonds. The monoisotopic (exact) mass is 813 g/mol. The average molecular weight is 814 g/mol. The van der Waals surface area contributed by atoms with E-state index >= 15 is 0 Å². The van der Waals surface area contributed by atoms with Crippen molar-refractivity contribution in [2.24, 2.45) is 17.3 Å². The summed E-state index contributed by atoms with van der Waals surface area (Å²) in [5, 5.41) is 5.62. The van der Waals surface area contributed by atoms with Gasteiger partial charge in [0.05, 0.1) is 36.7 Å². The number of benzene rings is 2. The normalized spacial score (nSPS) is 27.0. The Bertz CT molecular complexity index is 2270. The molecule has 2 aromatic carbocycles. The molecule has 3 aromatic rings. The van der Waals surface area contributed by atoms with Gasteiger partial charge in [0, 0.05) is 41.0 Å². The van der Waals surface area contributed by atoms with E-state index < -0.39 is 74.1 Å². The maximum absolute atomic E-state index is 14.7. The molecule has 4 aliphatic rings. The molecule has 15 heteroatoms. The van der Waals surface area contributed by atoms with Crippen molar-refractivity contribution in [2.45, 2.75) is 88.8 Å². The van der Waals surface area contributed by atoms with Gasteiger partial charge in [0.1, 0.15) is 35.2 Å². The molecule has 6 atom stereocenters. The summed E-state index contributed by atoms with van der Waals surface area (Å²) in [7, 11) is -2.33. The number of carbonyl (C=O) groups is 4. The van der Waals surface area contributed by atoms with Crippen LogP contribution in [0.1, 0.15) is 65.4 Å². The van der Waals surface area contributed by atoms with Gasteiger partial charge < -0.3 is 29.7 Å². The molecular formula is C43H51N5O9S. The van der Waals surface area contributed by atoms with Gasteiger partial charge in [-0.3, -0.25) is 19.1 Å². The third kappa shape index (κ3) is 8.40. The van der Waals surface area contributed by atoms with Crippen LogP contribution in [0.3, 0.4) is 0 Å². The first-order valence-electron chi connectivity index (χ1n) is 19.7. The number of sulfonamides is 1. The maximum atomic E-state index is 14.7. The van der Waals surface area contributed by atoms with Crippen LogP contribution in [-0.4, -0.2) is 91.4 Å². The molecule has 3 fully saturated rings. The summed E-state index contributed by atoms with van der Waals surface area (Å²) in [6, 6.07) is 12.9. The molecule has 1 unspecified atom stereocenters. The molecule has 2 aliphatic heterocycles. The number of pyridine rings is 1. The molecule has 0 spiro atoms. The molecule has 7 rings (SSSR count). The van der Waals surface area contributed by atoms with E-state index in [9.17, 15) is 27.6 Å². The lowest BCUT2D eigenvalue weighted by atomic mass is 9.85. The Balaban J connectivity index is 1.30. The molecule has 0 radical (unpaired) electrons. The van der Waals surface area contributed by atoms with Crippen LogP contribution in [-0.2, 0) is 29.1 Å². The van der Waals surface area contributed by atoms with E-state index in [-0.39, 0.29) is 31.9 Å². The molecule has 4 bridgehead atoms. The molecular weight excluding hydrogens is 763 g/mol. The van der Waals surface area contributed by atoms with Crippen molar-refractivity contribution in [3.63, 3.8) is 0 Å². The number of allylic oxidation sites excluding steroid dienone is 1. The predicted octanol–water partition coefficient (Wildman–Crippen LogP) is 5.12. The molecule has 58 heavy (non-hydrogen) atoms. The number of ether oxygens (including phenoxy) is 3. The van der Waals surface area contributed by atoms with Crippen LogP contribution in [0.4, 0.5) is 4.79 Å². The zero-order chi connectivity index (χ0) is 41.6. The van der Waals surface area contributed by atoms with Crippen molar-refractivity contribution in [3.05, 3.63) is 72.8 Å². The summed E-state index contributed by atoms with van der Waals surface area (Å²) in [5.74, 6) is -1.60. The molecule has 3 N–H and O–H groups in total. The zero-order valence-electron chi connectivity index (χ0n) is 33.4. The predicted molar refractivity (Wildman–Crippen MR) is 218 cm³/mol. The van der Waals surface area contributed by atoms with Crippen molar-refractivity contribution < 1.29 is 41.8 Å². The van der Waals surface area contributed by atoms with Crippen LogP contribution in [0.15, 0.2) is 67.3 Å². The zero-order valence-corrected chi connectivity index (χ0v) is 34.3. The number of amides is 4. The number of nitrogens with zero attached hydrogens (tertiary/aromatic N) is 2. The number of rotatable bonds is 8. The summed E-state index contributed by atoms with van der Waals surface area (Å²) >= 11 is 0. The van der Waals surface area contributed by atoms with Crippen LogP contribution in [0.5, 0.6) is 11.5 Å². The number of aromatic nitrogens is 1. The van der Waals surface area contributed by atoms with Gasteiger partial charge in [-0.15, -0.1) is 6.58 Å². The number of hydrogen-bond donors (Lipinski definition) is 3. The van der Waals surface area contributed by atoms with Gasteiger partial charge in [0.15, 0.2) is 0 Å². The van der Waals surface area contributed by atoms with Crippen LogP contribution in [0.2, 0.25) is 0 Å². The SMILES string of the molecule is C=C[C@@H]1C[C@]1(NC(=O)[C@@H]1C[C@@H]2CN1C(=O)[C@H](C(C)(C)C)NC(=O)OCC(C)C/C=C\c1cc3c(cc(-c4ccccc4)nc3cc1OC)O2)C(=O)NS(=O)(=O)C1CC1. The smallest absolute Gasteiger partial charge is 0.407 e. The van der Waals surface area contributed by atoms with Crippen molar-refractivity contribution in [1.29, 1.82) is 0 Å². The number of cyclic esters (lactones) is 1. The van der Waals surface area contributed by atoms with Crippen LogP contribution in [0.25, 0.3) is 28.2 Å². The topological polar surface area (TPSA) is 182 Å². The van der Waals surface area contributed by atoms with Gasteiger partial charge in [-0.2, -0.15) is 0 Å². The highest BCUT2D eigenvalue weighted by Gasteiger charge is 2.62. The third-order valence-electron chi connectivity index (χ3n) is 11.3. The summed E-state index contributed by atoms with van der Waals surface area (Å²) in [6.45, 7) is 11.2. The fourth-order valence-corrected chi connectivity index (χ4v) is 9.03. The van der Waals surface area contributed by atoms with Crippen molar-refractivity contribution >= 4 is 50.8 Å². The minimum Gasteiger partial charge on any atom is -0.496 e. The number of hydrogen-bond acceptors (Lipinski definition) is 10. The van der Waals surface area contributed by atoms with E-state index in [2.05, 4.69) is 21.9 Å². The van der Waals surface area contributed by atoms with Gasteiger partial charge in [-0.05, 0) is 43.1 Å². The van der Waals surface area contributed by atoms with Crippen LogP contribution < -0.4 is 24.8 Å². The largest absolute Gasteiger partial charge is 0.496 e. The Kier molecular flexibility index (Phi) is 11.0. The Morgan fingerprint density at radius 3 is 2.52 bits per heavy atom. The molecule has 14 nitrogen and oxygen atoms in total. The number of alkyl carbamates (subject to hydrolysis) is 1. The summed E-state index contributed by atoms with van der Waals surface area (Å²) in [5.41, 5.74) is 0.463. The van der Waals surface area contributed by atoms with Crippen LogP contribution in [0, 0.1) is 17.3 Å². The van der Waals surface area contributed by atoms with E-state index in [0.29, 0.717) is 47.4 Å². The lowest BCUT2D eigenvalue weighted by Gasteiger charge is -2.35.